The van der Waals surface area contributed by atoms with Gasteiger partial charge in [-0.1, -0.05) is 20.8 Å². The summed E-state index contributed by atoms with van der Waals surface area (Å²) in [5.74, 6) is 1.06. The Balaban J connectivity index is 2.23. The molecule has 1 aromatic carbocycles. The van der Waals surface area contributed by atoms with Gasteiger partial charge >= 0.3 is 0 Å². The normalized spacial score (nSPS) is 14.3. The SMILES string of the molecule is CC(CS(C)(=O)=O)Nc1ccc2nc(C(C)(C)C)[nH]c2c1. The molecule has 0 fully saturated rings. The molecule has 2 N–H and O–H groups in total. The zero-order chi connectivity index (χ0) is 15.8. The Morgan fingerprint density at radius 1 is 1.33 bits per heavy atom. The quantitative estimate of drug-likeness (QED) is 0.910. The molecule has 0 saturated carbocycles. The zero-order valence-corrected chi connectivity index (χ0v) is 14.0. The van der Waals surface area contributed by atoms with Crippen LogP contribution >= 0.6 is 0 Å². The van der Waals surface area contributed by atoms with Crippen LogP contribution in [0.25, 0.3) is 11.0 Å². The van der Waals surface area contributed by atoms with Gasteiger partial charge in [0, 0.05) is 23.4 Å². The van der Waals surface area contributed by atoms with Crippen LogP contribution in [0.15, 0.2) is 18.2 Å². The highest BCUT2D eigenvalue weighted by atomic mass is 32.2. The van der Waals surface area contributed by atoms with E-state index in [0.717, 1.165) is 22.5 Å². The Morgan fingerprint density at radius 3 is 2.57 bits per heavy atom. The highest BCUT2D eigenvalue weighted by molar-refractivity contribution is 7.90. The van der Waals surface area contributed by atoms with Crippen molar-refractivity contribution < 1.29 is 8.42 Å². The molecule has 0 aliphatic rings. The lowest BCUT2D eigenvalue weighted by Crippen LogP contribution is -2.24. The number of rotatable bonds is 4. The lowest BCUT2D eigenvalue weighted by Gasteiger charge is -2.14. The summed E-state index contributed by atoms with van der Waals surface area (Å²) in [4.78, 5) is 7.91. The standard InChI is InChI=1S/C15H23N3O2S/c1-10(9-21(5,19)20)16-11-6-7-12-13(8-11)18-14(17-12)15(2,3)4/h6-8,10,16H,9H2,1-5H3,(H,17,18). The molecule has 0 aliphatic carbocycles. The van der Waals surface area contributed by atoms with E-state index in [1.54, 1.807) is 0 Å². The molecule has 0 amide bonds. The fraction of sp³-hybridized carbons (Fsp3) is 0.533. The third-order valence-corrected chi connectivity index (χ3v) is 4.26. The molecule has 21 heavy (non-hydrogen) atoms. The lowest BCUT2D eigenvalue weighted by atomic mass is 9.96. The predicted octanol–water partition coefficient (Wildman–Crippen LogP) is 2.71. The van der Waals surface area contributed by atoms with Crippen LogP contribution < -0.4 is 5.32 Å². The maximum atomic E-state index is 11.3. The third kappa shape index (κ3) is 4.20. The first-order valence-corrected chi connectivity index (χ1v) is 9.05. The molecule has 0 spiro atoms. The first-order chi connectivity index (χ1) is 9.54. The highest BCUT2D eigenvalue weighted by Crippen LogP contribution is 2.24. The molecule has 2 aromatic rings. The van der Waals surface area contributed by atoms with Crippen LogP contribution in [0.2, 0.25) is 0 Å². The average Bonchev–Trinajstić information content (AvgIpc) is 2.68. The van der Waals surface area contributed by atoms with Crippen LogP contribution in [0, 0.1) is 0 Å². The monoisotopic (exact) mass is 309 g/mol. The number of imidazole rings is 1. The molecule has 0 radical (unpaired) electrons. The average molecular weight is 309 g/mol. The number of H-pyrrole nitrogens is 1. The third-order valence-electron chi connectivity index (χ3n) is 3.16. The molecule has 2 rings (SSSR count). The number of nitrogens with one attached hydrogen (secondary N) is 2. The summed E-state index contributed by atoms with van der Waals surface area (Å²) >= 11 is 0. The molecule has 0 aliphatic heterocycles. The van der Waals surface area contributed by atoms with Crippen LogP contribution in [-0.4, -0.2) is 36.4 Å². The van der Waals surface area contributed by atoms with Gasteiger partial charge in [0.05, 0.1) is 16.8 Å². The van der Waals surface area contributed by atoms with Crippen LogP contribution in [0.1, 0.15) is 33.5 Å². The Bertz CT molecular complexity index is 742. The second-order valence-corrected chi connectivity index (χ2v) is 8.89. The number of fused-ring (bicyclic) bond motifs is 1. The Labute approximate surface area is 126 Å². The Hall–Kier alpha value is -1.56. The van der Waals surface area contributed by atoms with E-state index in [9.17, 15) is 8.42 Å². The van der Waals surface area contributed by atoms with Gasteiger partial charge in [0.2, 0.25) is 0 Å². The van der Waals surface area contributed by atoms with Crippen molar-refractivity contribution in [1.82, 2.24) is 9.97 Å². The number of sulfone groups is 1. The fourth-order valence-electron chi connectivity index (χ4n) is 2.23. The molecule has 5 nitrogen and oxygen atoms in total. The second-order valence-electron chi connectivity index (χ2n) is 6.71. The van der Waals surface area contributed by atoms with Crippen molar-refractivity contribution in [1.29, 1.82) is 0 Å². The van der Waals surface area contributed by atoms with E-state index >= 15 is 0 Å². The summed E-state index contributed by atoms with van der Waals surface area (Å²) in [7, 11) is -2.98. The van der Waals surface area contributed by atoms with Gasteiger partial charge in [-0.3, -0.25) is 0 Å². The lowest BCUT2D eigenvalue weighted by molar-refractivity contribution is 0.554. The molecule has 1 unspecified atom stereocenters. The molecular weight excluding hydrogens is 286 g/mol. The molecule has 0 bridgehead atoms. The minimum absolute atomic E-state index is 0.0316. The van der Waals surface area contributed by atoms with Gasteiger partial charge in [-0.05, 0) is 25.1 Å². The van der Waals surface area contributed by atoms with Gasteiger partial charge in [-0.2, -0.15) is 0 Å². The van der Waals surface area contributed by atoms with Crippen LogP contribution in [0.4, 0.5) is 5.69 Å². The van der Waals surface area contributed by atoms with Gasteiger partial charge in [-0.25, -0.2) is 13.4 Å². The largest absolute Gasteiger partial charge is 0.382 e. The van der Waals surface area contributed by atoms with E-state index in [0.29, 0.717) is 0 Å². The summed E-state index contributed by atoms with van der Waals surface area (Å²) in [6.45, 7) is 8.19. The topological polar surface area (TPSA) is 74.8 Å². The van der Waals surface area contributed by atoms with E-state index in [-0.39, 0.29) is 17.2 Å². The van der Waals surface area contributed by atoms with Crippen molar-refractivity contribution in [3.8, 4) is 0 Å². The minimum Gasteiger partial charge on any atom is -0.382 e. The summed E-state index contributed by atoms with van der Waals surface area (Å²) in [6.07, 6.45) is 1.25. The fourth-order valence-corrected chi connectivity index (χ4v) is 3.23. The maximum absolute atomic E-state index is 11.3. The Morgan fingerprint density at radius 2 is 2.00 bits per heavy atom. The molecule has 6 heteroatoms. The van der Waals surface area contributed by atoms with Gasteiger partial charge in [0.25, 0.3) is 0 Å². The van der Waals surface area contributed by atoms with E-state index in [1.165, 1.54) is 6.26 Å². The Kier molecular flexibility index (Phi) is 4.02. The second kappa shape index (κ2) is 5.33. The smallest absolute Gasteiger partial charge is 0.149 e. The van der Waals surface area contributed by atoms with Gasteiger partial charge in [-0.15, -0.1) is 0 Å². The summed E-state index contributed by atoms with van der Waals surface area (Å²) in [6, 6.07) is 5.70. The van der Waals surface area contributed by atoms with Crippen LogP contribution in [0.5, 0.6) is 0 Å². The number of hydrogen-bond donors (Lipinski definition) is 2. The number of aromatic amines is 1. The van der Waals surface area contributed by atoms with E-state index < -0.39 is 9.84 Å². The highest BCUT2D eigenvalue weighted by Gasteiger charge is 2.18. The molecule has 1 aromatic heterocycles. The number of aromatic nitrogens is 2. The maximum Gasteiger partial charge on any atom is 0.149 e. The minimum atomic E-state index is -2.98. The molecule has 1 heterocycles. The summed E-state index contributed by atoms with van der Waals surface area (Å²) < 4.78 is 22.6. The molecule has 1 atom stereocenters. The van der Waals surface area contributed by atoms with Gasteiger partial charge in [0.15, 0.2) is 0 Å². The van der Waals surface area contributed by atoms with Crippen molar-refractivity contribution in [2.45, 2.75) is 39.2 Å². The summed E-state index contributed by atoms with van der Waals surface area (Å²) in [5.41, 5.74) is 2.73. The van der Waals surface area contributed by atoms with Crippen molar-refractivity contribution in [2.75, 3.05) is 17.3 Å². The zero-order valence-electron chi connectivity index (χ0n) is 13.2. The number of nitrogens with zero attached hydrogens (tertiary/aromatic N) is 1. The van der Waals surface area contributed by atoms with Crippen molar-refractivity contribution in [3.63, 3.8) is 0 Å². The molecular formula is C15H23N3O2S. The number of anilines is 1. The van der Waals surface area contributed by atoms with E-state index in [4.69, 9.17) is 0 Å². The van der Waals surface area contributed by atoms with Crippen LogP contribution in [0.3, 0.4) is 0 Å². The molecule has 0 saturated heterocycles. The van der Waals surface area contributed by atoms with E-state index in [2.05, 4.69) is 36.1 Å². The summed E-state index contributed by atoms with van der Waals surface area (Å²) in [5, 5.41) is 3.21. The van der Waals surface area contributed by atoms with Crippen molar-refractivity contribution in [3.05, 3.63) is 24.0 Å². The van der Waals surface area contributed by atoms with Crippen molar-refractivity contribution >= 4 is 26.6 Å². The van der Waals surface area contributed by atoms with Crippen LogP contribution in [-0.2, 0) is 15.3 Å². The first kappa shape index (κ1) is 15.8. The first-order valence-electron chi connectivity index (χ1n) is 6.99. The molecule has 116 valence electrons. The van der Waals surface area contributed by atoms with Gasteiger partial charge in [0.1, 0.15) is 15.7 Å². The predicted molar refractivity (Wildman–Crippen MR) is 87.6 cm³/mol. The van der Waals surface area contributed by atoms with Gasteiger partial charge < -0.3 is 10.3 Å². The van der Waals surface area contributed by atoms with Crippen molar-refractivity contribution in [2.24, 2.45) is 0 Å². The number of benzene rings is 1. The van der Waals surface area contributed by atoms with E-state index in [1.807, 2.05) is 25.1 Å². The number of hydrogen-bond acceptors (Lipinski definition) is 4.